The molecule has 1 aliphatic heterocycles. The van der Waals surface area contributed by atoms with Gasteiger partial charge in [-0.3, -0.25) is 0 Å². The molecule has 0 aromatic carbocycles. The first-order chi connectivity index (χ1) is 11.7. The summed E-state index contributed by atoms with van der Waals surface area (Å²) in [6.07, 6.45) is 3.26. The van der Waals surface area contributed by atoms with Gasteiger partial charge in [0, 0.05) is 29.3 Å². The van der Waals surface area contributed by atoms with Gasteiger partial charge in [-0.1, -0.05) is 0 Å². The molecule has 0 radical (unpaired) electrons. The van der Waals surface area contributed by atoms with Crippen molar-refractivity contribution in [1.82, 2.24) is 9.88 Å². The number of nitrogens with zero attached hydrogens (tertiary/aromatic N) is 2. The van der Waals surface area contributed by atoms with Crippen molar-refractivity contribution in [1.29, 1.82) is 0 Å². The highest BCUT2D eigenvalue weighted by Gasteiger charge is 2.27. The van der Waals surface area contributed by atoms with E-state index in [1.165, 1.54) is 0 Å². The van der Waals surface area contributed by atoms with Crippen LogP contribution in [0.25, 0.3) is 0 Å². The number of carbonyl (C=O) groups is 1. The highest BCUT2D eigenvalue weighted by atomic mass is 79.9. The number of likely N-dealkylation sites (tertiary alicyclic amines) is 1. The second kappa shape index (κ2) is 8.85. The minimum Gasteiger partial charge on any atom is -0.475 e. The Balaban J connectivity index is 1.65. The fraction of sp³-hybridized carbons (Fsp3) is 0.667. The quantitative estimate of drug-likeness (QED) is 0.682. The normalized spacial score (nSPS) is 16.0. The largest absolute Gasteiger partial charge is 0.475 e. The third-order valence-electron chi connectivity index (χ3n) is 3.77. The molecule has 1 fully saturated rings. The fourth-order valence-electron chi connectivity index (χ4n) is 2.56. The molecular weight excluding hydrogens is 388 g/mol. The zero-order valence-corrected chi connectivity index (χ0v) is 17.0. The van der Waals surface area contributed by atoms with E-state index in [1.807, 2.05) is 33.8 Å². The molecule has 1 aliphatic rings. The fourth-order valence-corrected chi connectivity index (χ4v) is 3.01. The van der Waals surface area contributed by atoms with Gasteiger partial charge in [0.1, 0.15) is 12.2 Å². The molecular formula is C18H27BrN2O4. The van der Waals surface area contributed by atoms with Gasteiger partial charge in [-0.25, -0.2) is 9.78 Å². The average molecular weight is 415 g/mol. The van der Waals surface area contributed by atoms with Crippen LogP contribution in [0.2, 0.25) is 0 Å². The van der Waals surface area contributed by atoms with E-state index >= 15 is 0 Å². The van der Waals surface area contributed by atoms with Gasteiger partial charge in [0.2, 0.25) is 5.88 Å². The number of amides is 1. The van der Waals surface area contributed by atoms with E-state index < -0.39 is 5.60 Å². The summed E-state index contributed by atoms with van der Waals surface area (Å²) in [6, 6.07) is 1.97. The zero-order chi connectivity index (χ0) is 18.4. The third-order valence-corrected chi connectivity index (χ3v) is 4.20. The molecule has 0 N–H and O–H groups in total. The number of pyridine rings is 1. The second-order valence-corrected chi connectivity index (χ2v) is 8.08. The summed E-state index contributed by atoms with van der Waals surface area (Å²) in [4.78, 5) is 18.0. The molecule has 6 nitrogen and oxygen atoms in total. The smallest absolute Gasteiger partial charge is 0.410 e. The highest BCUT2D eigenvalue weighted by molar-refractivity contribution is 9.10. The Morgan fingerprint density at radius 3 is 2.60 bits per heavy atom. The molecule has 7 heteroatoms. The van der Waals surface area contributed by atoms with Crippen LogP contribution in [0.15, 0.2) is 16.7 Å². The van der Waals surface area contributed by atoms with Gasteiger partial charge in [-0.05, 0) is 62.5 Å². The minimum atomic E-state index is -0.457. The van der Waals surface area contributed by atoms with Crippen molar-refractivity contribution in [2.45, 2.75) is 52.2 Å². The Hall–Kier alpha value is -1.34. The lowest BCUT2D eigenvalue weighted by molar-refractivity contribution is -0.0180. The van der Waals surface area contributed by atoms with Crippen molar-refractivity contribution in [3.05, 3.63) is 22.3 Å². The maximum Gasteiger partial charge on any atom is 0.410 e. The van der Waals surface area contributed by atoms with Gasteiger partial charge in [-0.15, -0.1) is 0 Å². The summed E-state index contributed by atoms with van der Waals surface area (Å²) in [6.45, 7) is 9.88. The van der Waals surface area contributed by atoms with Crippen LogP contribution in [-0.2, 0) is 9.47 Å². The van der Waals surface area contributed by atoms with Crippen molar-refractivity contribution in [2.24, 2.45) is 0 Å². The van der Waals surface area contributed by atoms with Crippen molar-refractivity contribution >= 4 is 22.0 Å². The summed E-state index contributed by atoms with van der Waals surface area (Å²) in [5.74, 6) is 0.631. The van der Waals surface area contributed by atoms with Gasteiger partial charge in [0.05, 0.1) is 12.7 Å². The van der Waals surface area contributed by atoms with E-state index in [1.54, 1.807) is 11.1 Å². The standard InChI is InChI=1S/C18H27BrN2O4/c1-13-11-14(19)12-20-16(13)24-10-9-23-15-5-7-21(8-6-15)17(22)25-18(2,3)4/h11-12,15H,5-10H2,1-4H3. The van der Waals surface area contributed by atoms with E-state index in [2.05, 4.69) is 20.9 Å². The topological polar surface area (TPSA) is 60.9 Å². The molecule has 1 amide bonds. The Morgan fingerprint density at radius 2 is 2.00 bits per heavy atom. The van der Waals surface area contributed by atoms with Gasteiger partial charge in [0.15, 0.2) is 0 Å². The van der Waals surface area contributed by atoms with Crippen LogP contribution in [0.4, 0.5) is 4.79 Å². The Labute approximate surface area is 158 Å². The number of rotatable bonds is 5. The van der Waals surface area contributed by atoms with E-state index in [0.717, 1.165) is 22.9 Å². The van der Waals surface area contributed by atoms with Gasteiger partial charge < -0.3 is 19.1 Å². The number of hydrogen-bond donors (Lipinski definition) is 0. The summed E-state index contributed by atoms with van der Waals surface area (Å²) < 4.78 is 17.8. The van der Waals surface area contributed by atoms with Crippen LogP contribution in [-0.4, -0.2) is 54.0 Å². The predicted molar refractivity (Wildman–Crippen MR) is 99.0 cm³/mol. The number of carbonyl (C=O) groups excluding carboxylic acids is 1. The lowest BCUT2D eigenvalue weighted by atomic mass is 10.1. The molecule has 140 valence electrons. The zero-order valence-electron chi connectivity index (χ0n) is 15.4. The number of ether oxygens (including phenoxy) is 3. The summed E-state index contributed by atoms with van der Waals surface area (Å²) in [5, 5.41) is 0. The predicted octanol–water partition coefficient (Wildman–Crippen LogP) is 3.95. The number of halogens is 1. The van der Waals surface area contributed by atoms with E-state index in [0.29, 0.717) is 32.2 Å². The minimum absolute atomic E-state index is 0.154. The Bertz CT molecular complexity index is 581. The molecule has 0 bridgehead atoms. The van der Waals surface area contributed by atoms with E-state index in [-0.39, 0.29) is 12.2 Å². The Morgan fingerprint density at radius 1 is 1.32 bits per heavy atom. The molecule has 0 spiro atoms. The molecule has 0 aliphatic carbocycles. The Kier molecular flexibility index (Phi) is 7.07. The van der Waals surface area contributed by atoms with Crippen LogP contribution in [0, 0.1) is 6.92 Å². The number of hydrogen-bond acceptors (Lipinski definition) is 5. The van der Waals surface area contributed by atoms with Crippen LogP contribution < -0.4 is 4.74 Å². The first kappa shape index (κ1) is 20.0. The molecule has 0 unspecified atom stereocenters. The first-order valence-corrected chi connectivity index (χ1v) is 9.38. The first-order valence-electron chi connectivity index (χ1n) is 8.59. The SMILES string of the molecule is Cc1cc(Br)cnc1OCCOC1CCN(C(=O)OC(C)(C)C)CC1. The van der Waals surface area contributed by atoms with Crippen LogP contribution in [0.3, 0.4) is 0 Å². The summed E-state index contributed by atoms with van der Waals surface area (Å²) in [5.41, 5.74) is 0.529. The maximum atomic E-state index is 12.0. The molecule has 2 rings (SSSR count). The second-order valence-electron chi connectivity index (χ2n) is 7.16. The van der Waals surface area contributed by atoms with Crippen molar-refractivity contribution < 1.29 is 19.0 Å². The molecule has 0 atom stereocenters. The summed E-state index contributed by atoms with van der Waals surface area (Å²) >= 11 is 3.38. The van der Waals surface area contributed by atoms with Gasteiger partial charge >= 0.3 is 6.09 Å². The molecule has 25 heavy (non-hydrogen) atoms. The lowest BCUT2D eigenvalue weighted by Gasteiger charge is -2.33. The number of aromatic nitrogens is 1. The summed E-state index contributed by atoms with van der Waals surface area (Å²) in [7, 11) is 0. The van der Waals surface area contributed by atoms with Gasteiger partial charge in [-0.2, -0.15) is 0 Å². The van der Waals surface area contributed by atoms with E-state index in [9.17, 15) is 4.79 Å². The maximum absolute atomic E-state index is 12.0. The molecule has 1 aromatic heterocycles. The van der Waals surface area contributed by atoms with Crippen LogP contribution >= 0.6 is 15.9 Å². The van der Waals surface area contributed by atoms with E-state index in [4.69, 9.17) is 14.2 Å². The molecule has 1 saturated heterocycles. The monoisotopic (exact) mass is 414 g/mol. The molecule has 0 saturated carbocycles. The van der Waals surface area contributed by atoms with Crippen LogP contribution in [0.1, 0.15) is 39.2 Å². The molecule has 1 aromatic rings. The van der Waals surface area contributed by atoms with Crippen molar-refractivity contribution in [2.75, 3.05) is 26.3 Å². The third kappa shape index (κ3) is 6.82. The number of piperidine rings is 1. The van der Waals surface area contributed by atoms with Crippen LogP contribution in [0.5, 0.6) is 5.88 Å². The van der Waals surface area contributed by atoms with Crippen molar-refractivity contribution in [3.8, 4) is 5.88 Å². The van der Waals surface area contributed by atoms with Crippen molar-refractivity contribution in [3.63, 3.8) is 0 Å². The number of aryl methyl sites for hydroxylation is 1. The van der Waals surface area contributed by atoms with Gasteiger partial charge in [0.25, 0.3) is 0 Å². The molecule has 2 heterocycles. The lowest BCUT2D eigenvalue weighted by Crippen LogP contribution is -2.43. The highest BCUT2D eigenvalue weighted by Crippen LogP contribution is 2.19. The average Bonchev–Trinajstić information content (AvgIpc) is 2.52.